The number of fused-ring (bicyclic) bond motifs is 10. The van der Waals surface area contributed by atoms with Crippen molar-refractivity contribution in [2.75, 3.05) is 0 Å². The zero-order chi connectivity index (χ0) is 32.5. The maximum absolute atomic E-state index is 9.79. The lowest BCUT2D eigenvalue weighted by molar-refractivity contribution is 1.31. The third kappa shape index (κ3) is 4.11. The van der Waals surface area contributed by atoms with Crippen molar-refractivity contribution < 1.29 is 0 Å². The molecule has 0 fully saturated rings. The van der Waals surface area contributed by atoms with Crippen LogP contribution in [0.1, 0.15) is 5.56 Å². The van der Waals surface area contributed by atoms with Crippen LogP contribution in [-0.4, -0.2) is 9.38 Å². The normalized spacial score (nSPS) is 11.7. The summed E-state index contributed by atoms with van der Waals surface area (Å²) in [7, 11) is 0. The molecule has 3 heteroatoms. The third-order valence-electron chi connectivity index (χ3n) is 9.96. The monoisotopic (exact) mass is 621 g/mol. The van der Waals surface area contributed by atoms with E-state index in [1.54, 1.807) is 0 Å². The molecule has 0 saturated carbocycles. The van der Waals surface area contributed by atoms with Gasteiger partial charge in [-0.1, -0.05) is 121 Å². The van der Waals surface area contributed by atoms with Crippen molar-refractivity contribution in [2.24, 2.45) is 0 Å². The van der Waals surface area contributed by atoms with E-state index in [2.05, 4.69) is 144 Å². The molecule has 0 radical (unpaired) electrons. The van der Waals surface area contributed by atoms with Crippen molar-refractivity contribution in [3.8, 4) is 39.4 Å². The Morgan fingerprint density at radius 2 is 1.00 bits per heavy atom. The average molecular weight is 622 g/mol. The van der Waals surface area contributed by atoms with Crippen LogP contribution in [0.25, 0.3) is 93.3 Å². The molecule has 10 aromatic rings. The van der Waals surface area contributed by atoms with Crippen molar-refractivity contribution in [2.45, 2.75) is 0 Å². The maximum atomic E-state index is 9.79. The molecular weight excluding hydrogens is 595 g/mol. The van der Waals surface area contributed by atoms with E-state index in [-0.39, 0.29) is 0 Å². The molecule has 2 aromatic heterocycles. The number of hydrogen-bond donors (Lipinski definition) is 0. The van der Waals surface area contributed by atoms with Gasteiger partial charge in [-0.3, -0.25) is 4.40 Å². The van der Waals surface area contributed by atoms with Gasteiger partial charge >= 0.3 is 0 Å². The van der Waals surface area contributed by atoms with Gasteiger partial charge in [-0.15, -0.1) is 0 Å². The van der Waals surface area contributed by atoms with E-state index in [4.69, 9.17) is 4.98 Å². The molecule has 3 nitrogen and oxygen atoms in total. The molecule has 0 aliphatic heterocycles. The molecule has 0 spiro atoms. The second kappa shape index (κ2) is 10.6. The molecule has 0 amide bonds. The van der Waals surface area contributed by atoms with E-state index < -0.39 is 0 Å². The highest BCUT2D eigenvalue weighted by molar-refractivity contribution is 6.21. The molecule has 0 bridgehead atoms. The summed E-state index contributed by atoms with van der Waals surface area (Å²) in [6.45, 7) is 0. The van der Waals surface area contributed by atoms with E-state index in [1.165, 1.54) is 43.8 Å². The summed E-state index contributed by atoms with van der Waals surface area (Å²) in [5, 5.41) is 18.1. The van der Waals surface area contributed by atoms with E-state index in [1.807, 2.05) is 30.3 Å². The van der Waals surface area contributed by atoms with Crippen LogP contribution >= 0.6 is 0 Å². The summed E-state index contributed by atoms with van der Waals surface area (Å²) in [5.74, 6) is 0. The molecule has 0 unspecified atom stereocenters. The lowest BCUT2D eigenvalue weighted by Gasteiger charge is -2.18. The highest BCUT2D eigenvalue weighted by Crippen LogP contribution is 2.44. The van der Waals surface area contributed by atoms with Crippen LogP contribution in [0.3, 0.4) is 0 Å². The fraction of sp³-hybridized carbons (Fsp3) is 0. The van der Waals surface area contributed by atoms with Gasteiger partial charge in [0.05, 0.1) is 28.2 Å². The first-order valence-electron chi connectivity index (χ1n) is 16.5. The Hall–Kier alpha value is -6.76. The van der Waals surface area contributed by atoms with E-state index in [0.29, 0.717) is 5.56 Å². The van der Waals surface area contributed by atoms with Crippen molar-refractivity contribution in [3.63, 3.8) is 0 Å². The zero-order valence-corrected chi connectivity index (χ0v) is 26.4. The van der Waals surface area contributed by atoms with Gasteiger partial charge in [-0.2, -0.15) is 5.26 Å². The maximum Gasteiger partial charge on any atom is 0.146 e. The summed E-state index contributed by atoms with van der Waals surface area (Å²) >= 11 is 0. The standard InChI is InChI=1S/C46H27N3/c47-28-29-21-23-34-40-27-32(22-24-39(40)46-48-41-19-8-9-20-42(41)49(46)43(34)25-29)31-13-10-14-33(26-31)45-37-17-6-4-15-35(37)44(30-11-2-1-3-12-30)36-16-5-7-18-38(36)45/h1-27H. The minimum atomic E-state index is 0.632. The number of hydrogen-bond acceptors (Lipinski definition) is 2. The number of nitrogens with zero attached hydrogens (tertiary/aromatic N) is 3. The Kier molecular flexibility index (Phi) is 5.94. The highest BCUT2D eigenvalue weighted by atomic mass is 15.0. The summed E-state index contributed by atoms with van der Waals surface area (Å²) in [6.07, 6.45) is 0. The number of nitriles is 1. The molecule has 49 heavy (non-hydrogen) atoms. The minimum absolute atomic E-state index is 0.632. The SMILES string of the molecule is N#Cc1ccc2c3cc(-c4cccc(-c5c6ccccc6c(-c6ccccc6)c6ccccc56)c4)ccc3c3nc4ccccc4n3c2c1. The minimum Gasteiger partial charge on any atom is -0.292 e. The number of pyridine rings is 1. The zero-order valence-electron chi connectivity index (χ0n) is 26.4. The average Bonchev–Trinajstić information content (AvgIpc) is 3.57. The van der Waals surface area contributed by atoms with Crippen molar-refractivity contribution >= 4 is 59.9 Å². The van der Waals surface area contributed by atoms with Gasteiger partial charge in [-0.25, -0.2) is 4.98 Å². The topological polar surface area (TPSA) is 41.1 Å². The van der Waals surface area contributed by atoms with Crippen molar-refractivity contribution in [1.82, 2.24) is 9.38 Å². The Balaban J connectivity index is 1.22. The molecule has 8 aromatic carbocycles. The predicted molar refractivity (Wildman–Crippen MR) is 204 cm³/mol. The van der Waals surface area contributed by atoms with Gasteiger partial charge in [-0.05, 0) is 103 Å². The molecule has 0 saturated heterocycles. The fourth-order valence-electron chi connectivity index (χ4n) is 7.82. The van der Waals surface area contributed by atoms with Gasteiger partial charge in [0.15, 0.2) is 0 Å². The number of aromatic nitrogens is 2. The summed E-state index contributed by atoms with van der Waals surface area (Å²) in [5.41, 5.74) is 11.7. The highest BCUT2D eigenvalue weighted by Gasteiger charge is 2.18. The number of imidazole rings is 1. The van der Waals surface area contributed by atoms with Crippen molar-refractivity contribution in [3.05, 3.63) is 169 Å². The van der Waals surface area contributed by atoms with Crippen LogP contribution in [-0.2, 0) is 0 Å². The third-order valence-corrected chi connectivity index (χ3v) is 9.96. The molecule has 2 heterocycles. The first-order valence-corrected chi connectivity index (χ1v) is 16.5. The Labute approximate surface area is 282 Å². The van der Waals surface area contributed by atoms with Crippen LogP contribution in [0.15, 0.2) is 164 Å². The lowest BCUT2D eigenvalue weighted by Crippen LogP contribution is -1.93. The second-order valence-electron chi connectivity index (χ2n) is 12.7. The quantitative estimate of drug-likeness (QED) is 0.145. The summed E-state index contributed by atoms with van der Waals surface area (Å²) in [4.78, 5) is 5.07. The van der Waals surface area contributed by atoms with Crippen molar-refractivity contribution in [1.29, 1.82) is 5.26 Å². The van der Waals surface area contributed by atoms with E-state index in [0.717, 1.165) is 49.5 Å². The summed E-state index contributed by atoms with van der Waals surface area (Å²) < 4.78 is 2.20. The van der Waals surface area contributed by atoms with Crippen LogP contribution in [0.4, 0.5) is 0 Å². The van der Waals surface area contributed by atoms with Crippen LogP contribution in [0, 0.1) is 11.3 Å². The van der Waals surface area contributed by atoms with E-state index in [9.17, 15) is 5.26 Å². The summed E-state index contributed by atoms with van der Waals surface area (Å²) in [6, 6.07) is 60.5. The first-order chi connectivity index (χ1) is 24.3. The largest absolute Gasteiger partial charge is 0.292 e. The second-order valence-corrected chi connectivity index (χ2v) is 12.7. The van der Waals surface area contributed by atoms with Crippen LogP contribution in [0.2, 0.25) is 0 Å². The fourth-order valence-corrected chi connectivity index (χ4v) is 7.82. The van der Waals surface area contributed by atoms with Gasteiger partial charge in [0.25, 0.3) is 0 Å². The van der Waals surface area contributed by atoms with Gasteiger partial charge in [0.2, 0.25) is 0 Å². The smallest absolute Gasteiger partial charge is 0.146 e. The van der Waals surface area contributed by atoms with Gasteiger partial charge in [0.1, 0.15) is 5.65 Å². The molecule has 0 aliphatic carbocycles. The van der Waals surface area contributed by atoms with E-state index >= 15 is 0 Å². The Morgan fingerprint density at radius 1 is 0.408 bits per heavy atom. The number of para-hydroxylation sites is 2. The first kappa shape index (κ1) is 27.4. The molecule has 0 atom stereocenters. The lowest BCUT2D eigenvalue weighted by atomic mass is 9.85. The number of benzene rings is 8. The Bertz CT molecular complexity index is 2940. The van der Waals surface area contributed by atoms with Gasteiger partial charge in [0, 0.05) is 10.8 Å². The number of rotatable bonds is 3. The molecule has 0 aliphatic rings. The molecular formula is C46H27N3. The Morgan fingerprint density at radius 3 is 1.73 bits per heavy atom. The van der Waals surface area contributed by atoms with Crippen LogP contribution in [0.5, 0.6) is 0 Å². The predicted octanol–water partition coefficient (Wildman–Crippen LogP) is 12.0. The van der Waals surface area contributed by atoms with Gasteiger partial charge < -0.3 is 0 Å². The molecule has 0 N–H and O–H groups in total. The molecule has 226 valence electrons. The van der Waals surface area contributed by atoms with Crippen LogP contribution < -0.4 is 0 Å². The molecule has 10 rings (SSSR count).